The first-order chi connectivity index (χ1) is 18.7. The number of amides is 2. The van der Waals surface area contributed by atoms with Gasteiger partial charge in [-0.25, -0.2) is 8.42 Å². The second-order valence-corrected chi connectivity index (χ2v) is 11.6. The summed E-state index contributed by atoms with van der Waals surface area (Å²) in [7, 11) is -4.57. The lowest BCUT2D eigenvalue weighted by Crippen LogP contribution is -2.52. The minimum atomic E-state index is -4.80. The van der Waals surface area contributed by atoms with Crippen LogP contribution in [0, 0.1) is 0 Å². The number of benzene rings is 3. The molecule has 0 aromatic heterocycles. The van der Waals surface area contributed by atoms with Gasteiger partial charge in [0, 0.05) is 12.6 Å². The smallest absolute Gasteiger partial charge is 0.352 e. The second-order valence-electron chi connectivity index (χ2n) is 9.34. The molecule has 1 unspecified atom stereocenters. The first-order valence-corrected chi connectivity index (χ1v) is 14.1. The number of carbonyl (C=O) groups is 2. The predicted octanol–water partition coefficient (Wildman–Crippen LogP) is 5.50. The molecule has 0 heterocycles. The minimum absolute atomic E-state index is 0.0537. The zero-order valence-corrected chi connectivity index (χ0v) is 23.6. The zero-order chi connectivity index (χ0) is 29.7. The fourth-order valence-corrected chi connectivity index (χ4v) is 5.60. The molecule has 0 fully saturated rings. The molecule has 0 aliphatic rings. The summed E-state index contributed by atoms with van der Waals surface area (Å²) in [5, 5.41) is 2.42. The third kappa shape index (κ3) is 7.54. The van der Waals surface area contributed by atoms with E-state index in [-0.39, 0.29) is 22.5 Å². The van der Waals surface area contributed by atoms with Gasteiger partial charge < -0.3 is 10.2 Å². The van der Waals surface area contributed by atoms with E-state index >= 15 is 0 Å². The average Bonchev–Trinajstić information content (AvgIpc) is 2.90. The Bertz CT molecular complexity index is 1440. The van der Waals surface area contributed by atoms with Crippen LogP contribution in [0.25, 0.3) is 0 Å². The van der Waals surface area contributed by atoms with E-state index in [1.165, 1.54) is 36.1 Å². The molecule has 3 rings (SSSR count). The third-order valence-electron chi connectivity index (χ3n) is 5.95. The van der Waals surface area contributed by atoms with Gasteiger partial charge in [-0.3, -0.25) is 13.9 Å². The Morgan fingerprint density at radius 3 is 2.05 bits per heavy atom. The number of nitrogens with zero attached hydrogens (tertiary/aromatic N) is 2. The number of sulfonamides is 1. The molecule has 1 atom stereocenters. The van der Waals surface area contributed by atoms with Gasteiger partial charge in [-0.05, 0) is 56.7 Å². The fourth-order valence-electron chi connectivity index (χ4n) is 3.88. The maximum atomic E-state index is 13.8. The van der Waals surface area contributed by atoms with Gasteiger partial charge in [0.2, 0.25) is 11.8 Å². The molecule has 214 valence electrons. The van der Waals surface area contributed by atoms with Crippen molar-refractivity contribution in [3.63, 3.8) is 0 Å². The Morgan fingerprint density at radius 2 is 1.50 bits per heavy atom. The van der Waals surface area contributed by atoms with Crippen molar-refractivity contribution in [2.24, 2.45) is 0 Å². The van der Waals surface area contributed by atoms with Crippen molar-refractivity contribution in [3.05, 3.63) is 95.0 Å². The Labute approximate surface area is 236 Å². The van der Waals surface area contributed by atoms with E-state index in [0.29, 0.717) is 15.9 Å². The maximum absolute atomic E-state index is 13.8. The predicted molar refractivity (Wildman–Crippen MR) is 147 cm³/mol. The highest BCUT2D eigenvalue weighted by Crippen LogP contribution is 2.37. The van der Waals surface area contributed by atoms with Crippen molar-refractivity contribution >= 4 is 39.1 Å². The Hall–Kier alpha value is -3.57. The van der Waals surface area contributed by atoms with Crippen molar-refractivity contribution in [3.8, 4) is 0 Å². The van der Waals surface area contributed by atoms with Crippen LogP contribution in [-0.4, -0.2) is 43.8 Å². The molecule has 12 heteroatoms. The van der Waals surface area contributed by atoms with Crippen LogP contribution in [0.2, 0.25) is 5.02 Å². The highest BCUT2D eigenvalue weighted by molar-refractivity contribution is 7.92. The molecule has 0 saturated carbocycles. The summed E-state index contributed by atoms with van der Waals surface area (Å²) in [5.74, 6) is -1.29. The number of halogens is 4. The summed E-state index contributed by atoms with van der Waals surface area (Å²) in [6.45, 7) is 4.02. The van der Waals surface area contributed by atoms with E-state index < -0.39 is 51.9 Å². The average molecular weight is 596 g/mol. The van der Waals surface area contributed by atoms with E-state index in [9.17, 15) is 31.2 Å². The molecule has 40 heavy (non-hydrogen) atoms. The van der Waals surface area contributed by atoms with Gasteiger partial charge in [0.15, 0.2) is 0 Å². The van der Waals surface area contributed by atoms with Crippen molar-refractivity contribution in [1.82, 2.24) is 10.2 Å². The van der Waals surface area contributed by atoms with Crippen LogP contribution < -0.4 is 9.62 Å². The quantitative estimate of drug-likeness (QED) is 0.336. The van der Waals surface area contributed by atoms with Crippen LogP contribution in [0.15, 0.2) is 83.8 Å². The molecule has 0 saturated heterocycles. The van der Waals surface area contributed by atoms with Gasteiger partial charge in [-0.1, -0.05) is 60.1 Å². The molecular weight excluding hydrogens is 567 g/mol. The van der Waals surface area contributed by atoms with E-state index in [2.05, 4.69) is 5.32 Å². The van der Waals surface area contributed by atoms with Crippen LogP contribution in [0.1, 0.15) is 31.9 Å². The fraction of sp³-hybridized carbons (Fsp3) is 0.286. The molecule has 3 aromatic carbocycles. The maximum Gasteiger partial charge on any atom is 0.416 e. The number of carbonyl (C=O) groups excluding carboxylic acids is 2. The van der Waals surface area contributed by atoms with Gasteiger partial charge in [0.1, 0.15) is 12.6 Å². The SMILES string of the molecule is CC(C)NC(=O)C(C)N(Cc1ccccc1)C(=O)CN(c1cc(C(F)(F)F)ccc1Cl)S(=O)(=O)c1ccccc1. The van der Waals surface area contributed by atoms with E-state index in [0.717, 1.165) is 12.1 Å². The Kier molecular flexibility index (Phi) is 9.86. The first kappa shape index (κ1) is 31.0. The van der Waals surface area contributed by atoms with Gasteiger partial charge in [-0.15, -0.1) is 0 Å². The number of hydrogen-bond donors (Lipinski definition) is 1. The van der Waals surface area contributed by atoms with Crippen LogP contribution in [0.5, 0.6) is 0 Å². The first-order valence-electron chi connectivity index (χ1n) is 12.3. The lowest BCUT2D eigenvalue weighted by molar-refractivity contribution is -0.139. The number of anilines is 1. The number of rotatable bonds is 10. The number of alkyl halides is 3. The molecule has 0 aliphatic heterocycles. The lowest BCUT2D eigenvalue weighted by atomic mass is 10.1. The Balaban J connectivity index is 2.12. The molecule has 3 aromatic rings. The normalized spacial score (nSPS) is 12.6. The molecule has 0 radical (unpaired) electrons. The molecule has 0 aliphatic carbocycles. The summed E-state index contributed by atoms with van der Waals surface area (Å²) in [4.78, 5) is 27.6. The number of nitrogens with one attached hydrogen (secondary N) is 1. The third-order valence-corrected chi connectivity index (χ3v) is 8.04. The number of hydrogen-bond acceptors (Lipinski definition) is 4. The summed E-state index contributed by atoms with van der Waals surface area (Å²) in [6, 6.07) is 16.7. The molecule has 1 N–H and O–H groups in total. The van der Waals surface area contributed by atoms with Crippen LogP contribution in [0.4, 0.5) is 18.9 Å². The molecular formula is C28H29ClF3N3O4S. The van der Waals surface area contributed by atoms with Gasteiger partial charge >= 0.3 is 6.18 Å². The van der Waals surface area contributed by atoms with Gasteiger partial charge in [-0.2, -0.15) is 13.2 Å². The van der Waals surface area contributed by atoms with E-state index in [4.69, 9.17) is 11.6 Å². The topological polar surface area (TPSA) is 86.8 Å². The van der Waals surface area contributed by atoms with Crippen molar-refractivity contribution < 1.29 is 31.2 Å². The summed E-state index contributed by atoms with van der Waals surface area (Å²) < 4.78 is 68.8. The largest absolute Gasteiger partial charge is 0.416 e. The molecule has 2 amide bonds. The standard InChI is InChI=1S/C28H29ClF3N3O4S/c1-19(2)33-27(37)20(3)34(17-21-10-6-4-7-11-21)26(36)18-35(40(38,39)23-12-8-5-9-13-23)25-16-22(28(30,31)32)14-15-24(25)29/h4-16,19-20H,17-18H2,1-3H3,(H,33,37). The van der Waals surface area contributed by atoms with Gasteiger partial charge in [0.05, 0.1) is 21.2 Å². The summed E-state index contributed by atoms with van der Waals surface area (Å²) in [5.41, 5.74) is -0.999. The second kappa shape index (κ2) is 12.7. The summed E-state index contributed by atoms with van der Waals surface area (Å²) in [6.07, 6.45) is -4.80. The highest BCUT2D eigenvalue weighted by atomic mass is 35.5. The molecule has 7 nitrogen and oxygen atoms in total. The van der Waals surface area contributed by atoms with E-state index in [1.807, 2.05) is 0 Å². The van der Waals surface area contributed by atoms with Crippen LogP contribution >= 0.6 is 11.6 Å². The van der Waals surface area contributed by atoms with Crippen LogP contribution in [-0.2, 0) is 32.3 Å². The van der Waals surface area contributed by atoms with Crippen LogP contribution in [0.3, 0.4) is 0 Å². The zero-order valence-electron chi connectivity index (χ0n) is 22.0. The monoisotopic (exact) mass is 595 g/mol. The van der Waals surface area contributed by atoms with E-state index in [1.54, 1.807) is 50.2 Å². The van der Waals surface area contributed by atoms with Crippen molar-refractivity contribution in [2.45, 2.75) is 50.5 Å². The Morgan fingerprint density at radius 1 is 0.925 bits per heavy atom. The molecule has 0 spiro atoms. The summed E-state index contributed by atoms with van der Waals surface area (Å²) >= 11 is 6.24. The highest BCUT2D eigenvalue weighted by Gasteiger charge is 2.36. The van der Waals surface area contributed by atoms with Crippen molar-refractivity contribution in [2.75, 3.05) is 10.8 Å². The van der Waals surface area contributed by atoms with Gasteiger partial charge in [0.25, 0.3) is 10.0 Å². The lowest BCUT2D eigenvalue weighted by Gasteiger charge is -2.32. The minimum Gasteiger partial charge on any atom is -0.352 e. The van der Waals surface area contributed by atoms with Crippen molar-refractivity contribution in [1.29, 1.82) is 0 Å². The molecule has 0 bridgehead atoms.